The van der Waals surface area contributed by atoms with Crippen molar-refractivity contribution in [2.75, 3.05) is 19.8 Å². The summed E-state index contributed by atoms with van der Waals surface area (Å²) in [4.78, 5) is 11.6. The molecule has 0 radical (unpaired) electrons. The number of aliphatic hydroxyl groups is 1. The van der Waals surface area contributed by atoms with Crippen LogP contribution in [0.15, 0.2) is 35.4 Å². The van der Waals surface area contributed by atoms with E-state index in [-0.39, 0.29) is 30.0 Å². The topological polar surface area (TPSA) is 67.8 Å². The van der Waals surface area contributed by atoms with Crippen molar-refractivity contribution in [3.8, 4) is 0 Å². The van der Waals surface area contributed by atoms with Crippen molar-refractivity contribution < 1.29 is 23.8 Å². The minimum atomic E-state index is -0.653. The quantitative estimate of drug-likeness (QED) is 0.195. The Morgan fingerprint density at radius 3 is 2.82 bits per heavy atom. The summed E-state index contributed by atoms with van der Waals surface area (Å²) in [5, 5.41) is 14.3. The maximum Gasteiger partial charge on any atom is 0.305 e. The highest BCUT2D eigenvalue weighted by Crippen LogP contribution is 2.55. The molecular weight excluding hydrogens is 493 g/mol. The van der Waals surface area contributed by atoms with Crippen molar-refractivity contribution in [2.45, 2.75) is 104 Å². The molecule has 0 spiro atoms. The minimum absolute atomic E-state index is 0.0741. The van der Waals surface area contributed by atoms with Gasteiger partial charge in [-0.25, -0.2) is 4.39 Å². The van der Waals surface area contributed by atoms with Crippen molar-refractivity contribution in [3.05, 3.63) is 57.9 Å². The Balaban J connectivity index is 1.21. The third kappa shape index (κ3) is 8.25. The molecule has 1 aromatic carbocycles. The second-order valence-electron chi connectivity index (χ2n) is 12.6. The highest BCUT2D eigenvalue weighted by molar-refractivity contribution is 5.69. The van der Waals surface area contributed by atoms with Crippen LogP contribution in [0.4, 0.5) is 4.39 Å². The van der Waals surface area contributed by atoms with Crippen LogP contribution in [-0.2, 0) is 20.7 Å². The molecule has 4 rings (SSSR count). The standard InChI is InChI=1S/C33H48FNO4/c1-6-38-32(37)10-8-7-9-24-13-21(2)31(34)17-28(24)22(3)39-20-27(36)19-35-33(4,5)18-23-14-25-11-12-26-16-30(26)29(25)15-23/h11-13,17,22-23,26-27,30,35-36H,6-10,14-16,18-20H2,1-5H3/t22?,23?,26?,27?,30-/m0/s1. The van der Waals surface area contributed by atoms with Gasteiger partial charge in [-0.1, -0.05) is 23.8 Å². The number of aryl methyl sites for hydroxylation is 2. The number of esters is 1. The molecule has 5 atom stereocenters. The summed E-state index contributed by atoms with van der Waals surface area (Å²) in [6.45, 7) is 10.9. The summed E-state index contributed by atoms with van der Waals surface area (Å²) < 4.78 is 25.5. The predicted octanol–water partition coefficient (Wildman–Crippen LogP) is 6.52. The van der Waals surface area contributed by atoms with Gasteiger partial charge in [-0.3, -0.25) is 4.79 Å². The Bertz CT molecular complexity index is 1080. The van der Waals surface area contributed by atoms with Crippen LogP contribution in [0.5, 0.6) is 0 Å². The molecule has 3 aliphatic carbocycles. The second-order valence-corrected chi connectivity index (χ2v) is 12.6. The Hall–Kier alpha value is -2.02. The molecule has 6 heteroatoms. The van der Waals surface area contributed by atoms with Gasteiger partial charge in [0.2, 0.25) is 0 Å². The van der Waals surface area contributed by atoms with E-state index in [1.165, 1.54) is 19.3 Å². The number of hydrogen-bond acceptors (Lipinski definition) is 5. The van der Waals surface area contributed by atoms with Gasteiger partial charge in [0.25, 0.3) is 0 Å². The maximum atomic E-state index is 14.5. The van der Waals surface area contributed by atoms with Crippen LogP contribution in [0, 0.1) is 30.5 Å². The lowest BCUT2D eigenvalue weighted by molar-refractivity contribution is -0.143. The van der Waals surface area contributed by atoms with Crippen LogP contribution in [0.25, 0.3) is 0 Å². The molecule has 0 heterocycles. The molecule has 4 unspecified atom stereocenters. The van der Waals surface area contributed by atoms with Crippen LogP contribution < -0.4 is 5.32 Å². The van der Waals surface area contributed by atoms with Crippen LogP contribution in [0.1, 0.15) is 95.4 Å². The summed E-state index contributed by atoms with van der Waals surface area (Å²) in [6.07, 6.45) is 11.3. The molecule has 0 aromatic heterocycles. The highest BCUT2D eigenvalue weighted by atomic mass is 19.1. The molecule has 0 amide bonds. The molecule has 1 fully saturated rings. The smallest absolute Gasteiger partial charge is 0.305 e. The number of nitrogens with one attached hydrogen (secondary N) is 1. The SMILES string of the molecule is CCOC(=O)CCCCc1cc(C)c(F)cc1C(C)OCC(O)CNC(C)(C)CC1CC2=C(C1)[C@H]1CC1C=C2. The number of benzene rings is 1. The normalized spacial score (nSPS) is 23.4. The molecule has 0 bridgehead atoms. The van der Waals surface area contributed by atoms with Crippen molar-refractivity contribution in [1.82, 2.24) is 5.32 Å². The molecule has 1 aromatic rings. The monoisotopic (exact) mass is 541 g/mol. The summed E-state index contributed by atoms with van der Waals surface area (Å²) in [7, 11) is 0. The number of carbonyl (C=O) groups excluding carboxylic acids is 1. The number of fused-ring (bicyclic) bond motifs is 2. The summed E-state index contributed by atoms with van der Waals surface area (Å²) >= 11 is 0. The molecule has 2 N–H and O–H groups in total. The number of carbonyl (C=O) groups is 1. The first-order chi connectivity index (χ1) is 18.6. The number of β-amino-alcohol motifs (C(OH)–C–C–N with tert-alkyl or cyclic N) is 1. The van der Waals surface area contributed by atoms with Gasteiger partial charge in [0, 0.05) is 18.5 Å². The van der Waals surface area contributed by atoms with Crippen molar-refractivity contribution in [1.29, 1.82) is 0 Å². The Morgan fingerprint density at radius 2 is 2.05 bits per heavy atom. The van der Waals surface area contributed by atoms with Crippen molar-refractivity contribution >= 4 is 5.97 Å². The summed E-state index contributed by atoms with van der Waals surface area (Å²) in [6, 6.07) is 3.44. The van der Waals surface area contributed by atoms with Crippen molar-refractivity contribution in [2.24, 2.45) is 17.8 Å². The zero-order valence-corrected chi connectivity index (χ0v) is 24.5. The first-order valence-corrected chi connectivity index (χ1v) is 15.0. The molecule has 0 saturated heterocycles. The van der Waals surface area contributed by atoms with Gasteiger partial charge in [0.15, 0.2) is 0 Å². The van der Waals surface area contributed by atoms with Crippen molar-refractivity contribution in [3.63, 3.8) is 0 Å². The van der Waals surface area contributed by atoms with Crippen LogP contribution >= 0.6 is 0 Å². The number of ether oxygens (including phenoxy) is 2. The highest BCUT2D eigenvalue weighted by Gasteiger charge is 2.44. The van der Waals surface area contributed by atoms with E-state index in [1.807, 2.05) is 13.0 Å². The fraction of sp³-hybridized carbons (Fsp3) is 0.667. The lowest BCUT2D eigenvalue weighted by atomic mass is 9.87. The number of hydrogen-bond donors (Lipinski definition) is 2. The Labute approximate surface area is 234 Å². The second kappa shape index (κ2) is 13.1. The number of aliphatic hydroxyl groups excluding tert-OH is 1. The average Bonchev–Trinajstić information content (AvgIpc) is 3.57. The fourth-order valence-corrected chi connectivity index (χ4v) is 6.49. The zero-order valence-electron chi connectivity index (χ0n) is 24.5. The molecular formula is C33H48FNO4. The molecule has 0 aliphatic heterocycles. The predicted molar refractivity (Wildman–Crippen MR) is 153 cm³/mol. The zero-order chi connectivity index (χ0) is 28.2. The van der Waals surface area contributed by atoms with Crippen LogP contribution in [-0.4, -0.2) is 42.5 Å². The largest absolute Gasteiger partial charge is 0.466 e. The fourth-order valence-electron chi connectivity index (χ4n) is 6.49. The first kappa shape index (κ1) is 30.0. The van der Waals surface area contributed by atoms with Gasteiger partial charge in [-0.2, -0.15) is 0 Å². The number of unbranched alkanes of at least 4 members (excludes halogenated alkanes) is 1. The molecule has 3 aliphatic rings. The van der Waals surface area contributed by atoms with Crippen LogP contribution in [0.2, 0.25) is 0 Å². The Kier molecular flexibility index (Phi) is 10.1. The van der Waals surface area contributed by atoms with E-state index < -0.39 is 6.10 Å². The first-order valence-electron chi connectivity index (χ1n) is 15.0. The van der Waals surface area contributed by atoms with Gasteiger partial charge in [0.05, 0.1) is 25.4 Å². The summed E-state index contributed by atoms with van der Waals surface area (Å²) in [5.74, 6) is 1.88. The number of halogens is 1. The molecule has 39 heavy (non-hydrogen) atoms. The summed E-state index contributed by atoms with van der Waals surface area (Å²) in [5.41, 5.74) is 5.66. The third-order valence-corrected chi connectivity index (χ3v) is 8.66. The van der Waals surface area contributed by atoms with E-state index in [0.29, 0.717) is 31.1 Å². The van der Waals surface area contributed by atoms with E-state index >= 15 is 0 Å². The van der Waals surface area contributed by atoms with Gasteiger partial charge < -0.3 is 19.9 Å². The van der Waals surface area contributed by atoms with Gasteiger partial charge >= 0.3 is 5.97 Å². The lowest BCUT2D eigenvalue weighted by Gasteiger charge is -2.31. The van der Waals surface area contributed by atoms with E-state index in [1.54, 1.807) is 31.1 Å². The van der Waals surface area contributed by atoms with E-state index in [2.05, 4.69) is 31.3 Å². The average molecular weight is 542 g/mol. The van der Waals surface area contributed by atoms with Crippen LogP contribution in [0.3, 0.4) is 0 Å². The molecule has 5 nitrogen and oxygen atoms in total. The lowest BCUT2D eigenvalue weighted by Crippen LogP contribution is -2.45. The molecule has 216 valence electrons. The van der Waals surface area contributed by atoms with E-state index in [0.717, 1.165) is 48.6 Å². The molecule has 1 saturated carbocycles. The maximum absolute atomic E-state index is 14.5. The van der Waals surface area contributed by atoms with Gasteiger partial charge in [0.1, 0.15) is 5.82 Å². The third-order valence-electron chi connectivity index (χ3n) is 8.66. The minimum Gasteiger partial charge on any atom is -0.466 e. The van der Waals surface area contributed by atoms with Gasteiger partial charge in [-0.15, -0.1) is 0 Å². The Morgan fingerprint density at radius 1 is 1.26 bits per heavy atom. The van der Waals surface area contributed by atoms with E-state index in [9.17, 15) is 14.3 Å². The number of rotatable bonds is 15. The van der Waals surface area contributed by atoms with Gasteiger partial charge in [-0.05, 0) is 126 Å². The number of allylic oxidation sites excluding steroid dienone is 4. The van der Waals surface area contributed by atoms with E-state index in [4.69, 9.17) is 9.47 Å².